The van der Waals surface area contributed by atoms with E-state index >= 15 is 0 Å². The summed E-state index contributed by atoms with van der Waals surface area (Å²) in [5, 5.41) is 3.03. The summed E-state index contributed by atoms with van der Waals surface area (Å²) in [5.74, 6) is 1.99. The lowest BCUT2D eigenvalue weighted by Gasteiger charge is -2.27. The minimum absolute atomic E-state index is 0.0214. The van der Waals surface area contributed by atoms with E-state index in [1.165, 1.54) is 26.2 Å². The number of benzene rings is 1. The number of nitrogens with zero attached hydrogens (tertiary/aromatic N) is 1. The van der Waals surface area contributed by atoms with E-state index in [9.17, 15) is 9.59 Å². The van der Waals surface area contributed by atoms with Gasteiger partial charge in [-0.05, 0) is 68.2 Å². The molecule has 1 amide bonds. The molecule has 0 unspecified atom stereocenters. The number of rotatable bonds is 6. The van der Waals surface area contributed by atoms with Crippen molar-refractivity contribution in [3.8, 4) is 5.75 Å². The number of ether oxygens (including phenoxy) is 1. The Labute approximate surface area is 200 Å². The molecule has 1 heterocycles. The molecule has 0 atom stereocenters. The summed E-state index contributed by atoms with van der Waals surface area (Å²) in [7, 11) is 1.65. The molecular weight excluding hydrogens is 468 g/mol. The quantitative estimate of drug-likeness (QED) is 0.442. The van der Waals surface area contributed by atoms with Gasteiger partial charge in [0.1, 0.15) is 11.4 Å². The summed E-state index contributed by atoms with van der Waals surface area (Å²) >= 11 is 3.38. The van der Waals surface area contributed by atoms with Gasteiger partial charge in [-0.1, -0.05) is 42.3 Å². The molecule has 6 heteroatoms. The third kappa shape index (κ3) is 7.16. The van der Waals surface area contributed by atoms with Crippen LogP contribution in [0.3, 0.4) is 0 Å². The molecule has 1 aliphatic carbocycles. The van der Waals surface area contributed by atoms with E-state index in [0.29, 0.717) is 5.69 Å². The van der Waals surface area contributed by atoms with Crippen molar-refractivity contribution in [1.82, 2.24) is 4.98 Å². The fourth-order valence-electron chi connectivity index (χ4n) is 4.08. The molecule has 1 aliphatic rings. The summed E-state index contributed by atoms with van der Waals surface area (Å²) in [6.07, 6.45) is 8.12. The summed E-state index contributed by atoms with van der Waals surface area (Å²) in [6, 6.07) is 7.66. The first kappa shape index (κ1) is 26.0. The Balaban J connectivity index is 0.000000258. The smallest absolute Gasteiger partial charge is 0.227 e. The van der Waals surface area contributed by atoms with Gasteiger partial charge in [-0.2, -0.15) is 0 Å². The van der Waals surface area contributed by atoms with Crippen LogP contribution in [0, 0.1) is 18.8 Å². The number of hydrogen-bond acceptors (Lipinski definition) is 4. The number of carbonyl (C=O) groups excluding carboxylic acids is 2. The maximum absolute atomic E-state index is 12.3. The number of aryl methyl sites for hydroxylation is 1. The van der Waals surface area contributed by atoms with Crippen molar-refractivity contribution in [2.45, 2.75) is 66.2 Å². The van der Waals surface area contributed by atoms with Crippen LogP contribution < -0.4 is 10.1 Å². The van der Waals surface area contributed by atoms with E-state index in [2.05, 4.69) is 33.2 Å². The Hall–Kier alpha value is -2.21. The summed E-state index contributed by atoms with van der Waals surface area (Å²) < 4.78 is 6.25. The monoisotopic (exact) mass is 502 g/mol. The lowest BCUT2D eigenvalue weighted by molar-refractivity contribution is -0.121. The van der Waals surface area contributed by atoms with Crippen molar-refractivity contribution in [3.05, 3.63) is 51.8 Å². The van der Waals surface area contributed by atoms with Gasteiger partial charge in [0.15, 0.2) is 5.78 Å². The zero-order chi connectivity index (χ0) is 23.7. The molecule has 1 fully saturated rings. The molecule has 0 saturated heterocycles. The highest BCUT2D eigenvalue weighted by Gasteiger charge is 2.25. The molecule has 2 aromatic rings. The lowest BCUT2D eigenvalue weighted by atomic mass is 9.80. The number of aromatic nitrogens is 1. The van der Waals surface area contributed by atoms with Crippen molar-refractivity contribution in [2.75, 3.05) is 12.4 Å². The highest BCUT2D eigenvalue weighted by Crippen LogP contribution is 2.31. The van der Waals surface area contributed by atoms with Crippen LogP contribution in [0.25, 0.3) is 0 Å². The van der Waals surface area contributed by atoms with Crippen LogP contribution in [0.15, 0.2) is 34.9 Å². The van der Waals surface area contributed by atoms with Crippen molar-refractivity contribution in [1.29, 1.82) is 0 Å². The minimum Gasteiger partial charge on any atom is -0.496 e. The van der Waals surface area contributed by atoms with Crippen LogP contribution in [0.4, 0.5) is 5.69 Å². The van der Waals surface area contributed by atoms with E-state index < -0.39 is 0 Å². The molecule has 1 saturated carbocycles. The van der Waals surface area contributed by atoms with Crippen LogP contribution in [0.1, 0.15) is 74.5 Å². The molecule has 0 radical (unpaired) electrons. The van der Waals surface area contributed by atoms with Crippen LogP contribution in [0.2, 0.25) is 0 Å². The highest BCUT2D eigenvalue weighted by molar-refractivity contribution is 9.10. The first-order chi connectivity index (χ1) is 15.3. The van der Waals surface area contributed by atoms with Gasteiger partial charge in [-0.15, -0.1) is 0 Å². The number of methoxy groups -OCH3 is 1. The molecule has 0 bridgehead atoms. The highest BCUT2D eigenvalue weighted by atomic mass is 79.9. The van der Waals surface area contributed by atoms with Gasteiger partial charge in [-0.25, -0.2) is 0 Å². The number of halogens is 1. The van der Waals surface area contributed by atoms with Crippen LogP contribution in [-0.4, -0.2) is 23.8 Å². The summed E-state index contributed by atoms with van der Waals surface area (Å²) in [4.78, 5) is 27.4. The number of Topliss-reactive ketones (excluding diaryl/α,β-unsaturated/α-hetero) is 1. The van der Waals surface area contributed by atoms with E-state index in [1.807, 2.05) is 38.1 Å². The zero-order valence-corrected chi connectivity index (χ0v) is 21.4. The maximum atomic E-state index is 12.3. The standard InChI is InChI=1S/C17H25NO2.C9H10BrNO/c1-4-13-6-8-14(9-7-13)17(19)18-15-10-5-12(2)16(11-15)20-3;1-3-7-8(10)4-5-11-9(7)6(2)12/h5,10-11,13-14H,4,6-9H2,1-3H3,(H,18,19);4-5H,3H2,1-2H3. The summed E-state index contributed by atoms with van der Waals surface area (Å²) in [5.41, 5.74) is 3.47. The molecule has 1 aromatic carbocycles. The Morgan fingerprint density at radius 2 is 1.84 bits per heavy atom. The van der Waals surface area contributed by atoms with E-state index in [1.54, 1.807) is 13.3 Å². The molecule has 32 heavy (non-hydrogen) atoms. The number of pyridine rings is 1. The van der Waals surface area contributed by atoms with Crippen LogP contribution >= 0.6 is 15.9 Å². The average Bonchev–Trinajstić information content (AvgIpc) is 2.80. The Kier molecular flexibility index (Phi) is 10.4. The second-order valence-corrected chi connectivity index (χ2v) is 9.18. The second kappa shape index (κ2) is 12.7. The minimum atomic E-state index is 0.0214. The third-order valence-electron chi connectivity index (χ3n) is 6.16. The van der Waals surface area contributed by atoms with Crippen LogP contribution in [-0.2, 0) is 11.2 Å². The molecule has 1 N–H and O–H groups in total. The van der Waals surface area contributed by atoms with Crippen molar-refractivity contribution >= 4 is 33.3 Å². The topological polar surface area (TPSA) is 68.3 Å². The Morgan fingerprint density at radius 3 is 2.38 bits per heavy atom. The van der Waals surface area contributed by atoms with Crippen molar-refractivity contribution < 1.29 is 14.3 Å². The number of anilines is 1. The first-order valence-electron chi connectivity index (χ1n) is 11.4. The lowest BCUT2D eigenvalue weighted by Crippen LogP contribution is -2.27. The van der Waals surface area contributed by atoms with Crippen molar-refractivity contribution in [2.24, 2.45) is 11.8 Å². The number of amides is 1. The van der Waals surface area contributed by atoms with E-state index in [4.69, 9.17) is 4.74 Å². The molecule has 174 valence electrons. The van der Waals surface area contributed by atoms with Gasteiger partial charge >= 0.3 is 0 Å². The zero-order valence-electron chi connectivity index (χ0n) is 19.8. The van der Waals surface area contributed by atoms with Gasteiger partial charge in [0, 0.05) is 35.3 Å². The molecule has 5 nitrogen and oxygen atoms in total. The maximum Gasteiger partial charge on any atom is 0.227 e. The molecule has 3 rings (SSSR count). The first-order valence-corrected chi connectivity index (χ1v) is 12.2. The fourth-order valence-corrected chi connectivity index (χ4v) is 4.67. The fraction of sp³-hybridized carbons (Fsp3) is 0.500. The van der Waals surface area contributed by atoms with Gasteiger partial charge in [0.25, 0.3) is 0 Å². The van der Waals surface area contributed by atoms with E-state index in [0.717, 1.165) is 52.2 Å². The summed E-state index contributed by atoms with van der Waals surface area (Å²) in [6.45, 7) is 7.78. The Bertz CT molecular complexity index is 921. The molecule has 0 spiro atoms. The molecule has 1 aromatic heterocycles. The van der Waals surface area contributed by atoms with Gasteiger partial charge in [-0.3, -0.25) is 14.6 Å². The van der Waals surface area contributed by atoms with E-state index in [-0.39, 0.29) is 17.6 Å². The largest absolute Gasteiger partial charge is 0.496 e. The average molecular weight is 503 g/mol. The number of nitrogens with one attached hydrogen (secondary N) is 1. The predicted molar refractivity (Wildman–Crippen MR) is 133 cm³/mol. The number of hydrogen-bond donors (Lipinski definition) is 1. The number of ketones is 1. The van der Waals surface area contributed by atoms with Crippen LogP contribution in [0.5, 0.6) is 5.75 Å². The van der Waals surface area contributed by atoms with Crippen molar-refractivity contribution in [3.63, 3.8) is 0 Å². The molecular formula is C26H35BrN2O3. The molecule has 0 aliphatic heterocycles. The number of carbonyl (C=O) groups is 2. The normalized spacial score (nSPS) is 17.7. The SMILES string of the molecule is CCC1CCC(C(=O)Nc2ccc(C)c(OC)c2)CC1.CCc1c(Br)ccnc1C(C)=O. The Morgan fingerprint density at radius 1 is 1.16 bits per heavy atom. The van der Waals surface area contributed by atoms with Gasteiger partial charge in [0.2, 0.25) is 5.91 Å². The third-order valence-corrected chi connectivity index (χ3v) is 6.90. The van der Waals surface area contributed by atoms with Gasteiger partial charge in [0.05, 0.1) is 7.11 Å². The second-order valence-electron chi connectivity index (χ2n) is 8.33. The predicted octanol–water partition coefficient (Wildman–Crippen LogP) is 6.77. The van der Waals surface area contributed by atoms with Gasteiger partial charge < -0.3 is 10.1 Å².